The first-order valence-corrected chi connectivity index (χ1v) is 8.76. The van der Waals surface area contributed by atoms with Gasteiger partial charge in [-0.15, -0.1) is 0 Å². The molecule has 7 heteroatoms. The summed E-state index contributed by atoms with van der Waals surface area (Å²) in [4.78, 5) is 11.8. The van der Waals surface area contributed by atoms with Gasteiger partial charge in [0.2, 0.25) is 5.91 Å². The van der Waals surface area contributed by atoms with Gasteiger partial charge in [-0.2, -0.15) is 0 Å². The molecular weight excluding hydrogens is 318 g/mol. The monoisotopic (exact) mass is 335 g/mol. The predicted octanol–water partition coefficient (Wildman–Crippen LogP) is 1.89. The van der Waals surface area contributed by atoms with E-state index >= 15 is 0 Å². The van der Waals surface area contributed by atoms with E-state index in [1.165, 1.54) is 24.5 Å². The lowest BCUT2D eigenvalue weighted by atomic mass is 10.3. The molecule has 0 radical (unpaired) electrons. The van der Waals surface area contributed by atoms with Crippen molar-refractivity contribution in [2.45, 2.75) is 4.90 Å². The summed E-state index contributed by atoms with van der Waals surface area (Å²) in [6.45, 7) is 0.605. The van der Waals surface area contributed by atoms with Gasteiger partial charge in [0.05, 0.1) is 17.7 Å². The van der Waals surface area contributed by atoms with Crippen LogP contribution < -0.4 is 10.1 Å². The summed E-state index contributed by atoms with van der Waals surface area (Å²) in [5.41, 5.74) is 0. The number of hydrogen-bond acceptors (Lipinski definition) is 5. The van der Waals surface area contributed by atoms with E-state index in [-0.39, 0.29) is 17.4 Å². The van der Waals surface area contributed by atoms with Gasteiger partial charge < -0.3 is 14.5 Å². The standard InChI is InChI=1S/C16H17NO5S/c1-23(19,20)15-7-4-14(5-8-15)22-12-10-17-16(18)9-6-13-3-2-11-21-13/h2-9,11H,10,12H2,1H3,(H,17,18). The Hall–Kier alpha value is -2.54. The van der Waals surface area contributed by atoms with Gasteiger partial charge in [0.1, 0.15) is 18.1 Å². The summed E-state index contributed by atoms with van der Waals surface area (Å²) < 4.78 is 33.1. The van der Waals surface area contributed by atoms with Crippen molar-refractivity contribution in [3.8, 4) is 5.75 Å². The van der Waals surface area contributed by atoms with Gasteiger partial charge in [-0.25, -0.2) is 8.42 Å². The molecule has 1 aromatic carbocycles. The first-order valence-electron chi connectivity index (χ1n) is 6.87. The van der Waals surface area contributed by atoms with Crippen LogP contribution in [0.4, 0.5) is 0 Å². The minimum absolute atomic E-state index is 0.237. The Labute approximate surface area is 134 Å². The number of nitrogens with one attached hydrogen (secondary N) is 1. The van der Waals surface area contributed by atoms with Crippen LogP contribution >= 0.6 is 0 Å². The average Bonchev–Trinajstić information content (AvgIpc) is 3.02. The number of benzene rings is 1. The summed E-state index contributed by atoms with van der Waals surface area (Å²) in [6.07, 6.45) is 5.62. The van der Waals surface area contributed by atoms with Crippen LogP contribution in [0.5, 0.6) is 5.75 Å². The molecule has 0 fully saturated rings. The Morgan fingerprint density at radius 2 is 2.00 bits per heavy atom. The average molecular weight is 335 g/mol. The van der Waals surface area contributed by atoms with Crippen LogP contribution in [0.2, 0.25) is 0 Å². The number of ether oxygens (including phenoxy) is 1. The fraction of sp³-hybridized carbons (Fsp3) is 0.188. The second-order valence-electron chi connectivity index (χ2n) is 4.73. The van der Waals surface area contributed by atoms with Gasteiger partial charge in [-0.1, -0.05) is 0 Å². The number of furan rings is 1. The minimum Gasteiger partial charge on any atom is -0.492 e. The maximum absolute atomic E-state index is 11.5. The quantitative estimate of drug-likeness (QED) is 0.617. The molecule has 1 amide bonds. The fourth-order valence-corrected chi connectivity index (χ4v) is 2.36. The second-order valence-corrected chi connectivity index (χ2v) is 6.75. The molecule has 0 saturated heterocycles. The highest BCUT2D eigenvalue weighted by Gasteiger charge is 2.06. The first kappa shape index (κ1) is 16.8. The van der Waals surface area contributed by atoms with E-state index in [0.717, 1.165) is 6.26 Å². The number of amides is 1. The number of hydrogen-bond donors (Lipinski definition) is 1. The molecule has 2 rings (SSSR count). The summed E-state index contributed by atoms with van der Waals surface area (Å²) in [5.74, 6) is 0.887. The number of carbonyl (C=O) groups is 1. The lowest BCUT2D eigenvalue weighted by Crippen LogP contribution is -2.26. The molecule has 0 aliphatic heterocycles. The maximum atomic E-state index is 11.5. The molecular formula is C16H17NO5S. The second kappa shape index (κ2) is 7.64. The topological polar surface area (TPSA) is 85.6 Å². The summed E-state index contributed by atoms with van der Waals surface area (Å²) >= 11 is 0. The van der Waals surface area contributed by atoms with Gasteiger partial charge >= 0.3 is 0 Å². The summed E-state index contributed by atoms with van der Waals surface area (Å²) in [5, 5.41) is 2.66. The molecule has 1 N–H and O–H groups in total. The summed E-state index contributed by atoms with van der Waals surface area (Å²) in [6, 6.07) is 9.60. The van der Waals surface area contributed by atoms with E-state index in [0.29, 0.717) is 18.1 Å². The highest BCUT2D eigenvalue weighted by molar-refractivity contribution is 7.90. The van der Waals surface area contributed by atoms with Crippen molar-refractivity contribution in [2.24, 2.45) is 0 Å². The van der Waals surface area contributed by atoms with E-state index in [4.69, 9.17) is 9.15 Å². The van der Waals surface area contributed by atoms with E-state index in [9.17, 15) is 13.2 Å². The molecule has 1 heterocycles. The third-order valence-corrected chi connectivity index (χ3v) is 3.99. The molecule has 23 heavy (non-hydrogen) atoms. The molecule has 0 unspecified atom stereocenters. The molecule has 1 aromatic heterocycles. The van der Waals surface area contributed by atoms with Crippen molar-refractivity contribution in [3.05, 3.63) is 54.5 Å². The Bertz CT molecular complexity index is 761. The van der Waals surface area contributed by atoms with Gasteiger partial charge in [0.25, 0.3) is 0 Å². The SMILES string of the molecule is CS(=O)(=O)c1ccc(OCCNC(=O)C=Cc2ccco2)cc1. The Morgan fingerprint density at radius 3 is 2.61 bits per heavy atom. The molecule has 0 saturated carbocycles. The normalized spacial score (nSPS) is 11.5. The summed E-state index contributed by atoms with van der Waals surface area (Å²) in [7, 11) is -3.21. The molecule has 6 nitrogen and oxygen atoms in total. The molecule has 0 aliphatic rings. The lowest BCUT2D eigenvalue weighted by molar-refractivity contribution is -0.116. The van der Waals surface area contributed by atoms with Crippen LogP contribution in [0, 0.1) is 0 Å². The van der Waals surface area contributed by atoms with Crippen molar-refractivity contribution < 1.29 is 22.4 Å². The fourth-order valence-electron chi connectivity index (χ4n) is 1.73. The molecule has 122 valence electrons. The Morgan fingerprint density at radius 1 is 1.26 bits per heavy atom. The molecule has 0 aliphatic carbocycles. The molecule has 0 atom stereocenters. The van der Waals surface area contributed by atoms with Crippen molar-refractivity contribution in [1.82, 2.24) is 5.32 Å². The minimum atomic E-state index is -3.21. The van der Waals surface area contributed by atoms with Crippen molar-refractivity contribution in [1.29, 1.82) is 0 Å². The van der Waals surface area contributed by atoms with Crippen molar-refractivity contribution in [2.75, 3.05) is 19.4 Å². The third kappa shape index (κ3) is 5.63. The Kier molecular flexibility index (Phi) is 5.59. The van der Waals surface area contributed by atoms with Crippen LogP contribution in [0.1, 0.15) is 5.76 Å². The van der Waals surface area contributed by atoms with Crippen LogP contribution in [-0.4, -0.2) is 33.7 Å². The van der Waals surface area contributed by atoms with E-state index < -0.39 is 9.84 Å². The Balaban J connectivity index is 1.72. The zero-order chi connectivity index (χ0) is 16.7. The largest absolute Gasteiger partial charge is 0.492 e. The molecule has 2 aromatic rings. The smallest absolute Gasteiger partial charge is 0.244 e. The van der Waals surface area contributed by atoms with E-state index in [1.54, 1.807) is 30.3 Å². The van der Waals surface area contributed by atoms with Crippen LogP contribution in [0.15, 0.2) is 58.1 Å². The zero-order valence-corrected chi connectivity index (χ0v) is 13.4. The van der Waals surface area contributed by atoms with Gasteiger partial charge in [-0.3, -0.25) is 4.79 Å². The van der Waals surface area contributed by atoms with Gasteiger partial charge in [-0.05, 0) is 42.5 Å². The number of rotatable bonds is 7. The zero-order valence-electron chi connectivity index (χ0n) is 12.6. The van der Waals surface area contributed by atoms with Gasteiger partial charge in [0.15, 0.2) is 9.84 Å². The van der Waals surface area contributed by atoms with Crippen LogP contribution in [0.3, 0.4) is 0 Å². The lowest BCUT2D eigenvalue weighted by Gasteiger charge is -2.07. The number of carbonyl (C=O) groups excluding carboxylic acids is 1. The first-order chi connectivity index (χ1) is 10.9. The highest BCUT2D eigenvalue weighted by Crippen LogP contribution is 2.15. The van der Waals surface area contributed by atoms with E-state index in [2.05, 4.69) is 5.32 Å². The van der Waals surface area contributed by atoms with Crippen LogP contribution in [0.25, 0.3) is 6.08 Å². The maximum Gasteiger partial charge on any atom is 0.244 e. The number of sulfone groups is 1. The van der Waals surface area contributed by atoms with Crippen molar-refractivity contribution >= 4 is 21.8 Å². The van der Waals surface area contributed by atoms with Crippen LogP contribution in [-0.2, 0) is 14.6 Å². The van der Waals surface area contributed by atoms with Gasteiger partial charge in [0, 0.05) is 12.3 Å². The molecule has 0 bridgehead atoms. The van der Waals surface area contributed by atoms with Crippen molar-refractivity contribution in [3.63, 3.8) is 0 Å². The molecule has 0 spiro atoms. The van der Waals surface area contributed by atoms with E-state index in [1.807, 2.05) is 0 Å². The third-order valence-electron chi connectivity index (χ3n) is 2.86. The predicted molar refractivity (Wildman–Crippen MR) is 85.8 cm³/mol. The highest BCUT2D eigenvalue weighted by atomic mass is 32.2.